The van der Waals surface area contributed by atoms with Crippen LogP contribution in [0, 0.1) is 6.92 Å². The van der Waals surface area contributed by atoms with Gasteiger partial charge < -0.3 is 5.32 Å². The first kappa shape index (κ1) is 14.5. The maximum Gasteiger partial charge on any atom is 0.153 e. The molecule has 0 aliphatic carbocycles. The van der Waals surface area contributed by atoms with Gasteiger partial charge in [-0.05, 0) is 31.2 Å². The Hall–Kier alpha value is -2.42. The number of nitrogens with one attached hydrogen (secondary N) is 1. The van der Waals surface area contributed by atoms with Gasteiger partial charge in [0.2, 0.25) is 0 Å². The largest absolute Gasteiger partial charge is 0.339 e. The zero-order valence-electron chi connectivity index (χ0n) is 13.5. The Kier molecular flexibility index (Phi) is 3.57. The van der Waals surface area contributed by atoms with Crippen molar-refractivity contribution in [1.82, 2.24) is 9.97 Å². The normalized spacial score (nSPS) is 11.6. The number of hydrogen-bond donors (Lipinski definition) is 1. The third-order valence-corrected chi connectivity index (χ3v) is 3.60. The van der Waals surface area contributed by atoms with Gasteiger partial charge in [0.05, 0.1) is 16.7 Å². The number of hydrogen-bond acceptors (Lipinski definition) is 3. The van der Waals surface area contributed by atoms with Crippen LogP contribution in [0.25, 0.3) is 11.0 Å². The van der Waals surface area contributed by atoms with E-state index in [1.54, 1.807) is 0 Å². The fraction of sp³-hybridized carbons (Fsp3) is 0.263. The quantitative estimate of drug-likeness (QED) is 0.723. The van der Waals surface area contributed by atoms with E-state index in [9.17, 15) is 0 Å². The van der Waals surface area contributed by atoms with Gasteiger partial charge in [-0.3, -0.25) is 0 Å². The zero-order valence-corrected chi connectivity index (χ0v) is 13.5. The van der Waals surface area contributed by atoms with Crippen molar-refractivity contribution in [2.24, 2.45) is 0 Å². The SMILES string of the molecule is Cc1ccc(Nc2nc3ccccc3nc2C(C)(C)C)cc1. The van der Waals surface area contributed by atoms with E-state index in [1.165, 1.54) is 5.56 Å². The van der Waals surface area contributed by atoms with Crippen LogP contribution in [0.1, 0.15) is 32.0 Å². The summed E-state index contributed by atoms with van der Waals surface area (Å²) >= 11 is 0. The van der Waals surface area contributed by atoms with E-state index in [-0.39, 0.29) is 5.41 Å². The monoisotopic (exact) mass is 291 g/mol. The lowest BCUT2D eigenvalue weighted by molar-refractivity contribution is 0.571. The van der Waals surface area contributed by atoms with Crippen molar-refractivity contribution in [2.45, 2.75) is 33.1 Å². The Balaban J connectivity index is 2.11. The van der Waals surface area contributed by atoms with Crippen molar-refractivity contribution >= 4 is 22.5 Å². The highest BCUT2D eigenvalue weighted by atomic mass is 15.0. The second-order valence-electron chi connectivity index (χ2n) is 6.65. The van der Waals surface area contributed by atoms with Crippen LogP contribution in [0.3, 0.4) is 0 Å². The molecule has 0 spiro atoms. The number of anilines is 2. The van der Waals surface area contributed by atoms with Crippen LogP contribution < -0.4 is 5.32 Å². The molecule has 0 saturated heterocycles. The minimum atomic E-state index is -0.0793. The van der Waals surface area contributed by atoms with Gasteiger partial charge >= 0.3 is 0 Å². The number of aryl methyl sites for hydroxylation is 1. The summed E-state index contributed by atoms with van der Waals surface area (Å²) < 4.78 is 0. The van der Waals surface area contributed by atoms with Crippen molar-refractivity contribution < 1.29 is 0 Å². The van der Waals surface area contributed by atoms with Crippen molar-refractivity contribution in [3.8, 4) is 0 Å². The molecule has 3 nitrogen and oxygen atoms in total. The highest BCUT2D eigenvalue weighted by Gasteiger charge is 2.22. The summed E-state index contributed by atoms with van der Waals surface area (Å²) in [6.07, 6.45) is 0. The molecule has 0 aliphatic rings. The molecule has 22 heavy (non-hydrogen) atoms. The van der Waals surface area contributed by atoms with Gasteiger partial charge in [-0.25, -0.2) is 9.97 Å². The predicted molar refractivity (Wildman–Crippen MR) is 92.7 cm³/mol. The van der Waals surface area contributed by atoms with E-state index < -0.39 is 0 Å². The van der Waals surface area contributed by atoms with Crippen molar-refractivity contribution in [1.29, 1.82) is 0 Å². The second kappa shape index (κ2) is 5.41. The molecule has 0 saturated carbocycles. The van der Waals surface area contributed by atoms with Gasteiger partial charge in [0, 0.05) is 11.1 Å². The van der Waals surface area contributed by atoms with E-state index in [1.807, 2.05) is 24.3 Å². The second-order valence-corrected chi connectivity index (χ2v) is 6.65. The molecule has 0 radical (unpaired) electrons. The first-order valence-electron chi connectivity index (χ1n) is 7.54. The summed E-state index contributed by atoms with van der Waals surface area (Å²) in [7, 11) is 0. The summed E-state index contributed by atoms with van der Waals surface area (Å²) in [5, 5.41) is 3.42. The van der Waals surface area contributed by atoms with E-state index in [2.05, 4.69) is 57.3 Å². The lowest BCUT2D eigenvalue weighted by Gasteiger charge is -2.22. The topological polar surface area (TPSA) is 37.8 Å². The number of nitrogens with zero attached hydrogens (tertiary/aromatic N) is 2. The van der Waals surface area contributed by atoms with E-state index in [0.29, 0.717) is 0 Å². The van der Waals surface area contributed by atoms with Gasteiger partial charge in [0.25, 0.3) is 0 Å². The molecule has 1 heterocycles. The summed E-state index contributed by atoms with van der Waals surface area (Å²) in [5.74, 6) is 0.829. The molecule has 112 valence electrons. The molecule has 3 rings (SSSR count). The Morgan fingerprint density at radius 2 is 1.41 bits per heavy atom. The lowest BCUT2D eigenvalue weighted by Crippen LogP contribution is -2.17. The standard InChI is InChI=1S/C19H21N3/c1-13-9-11-14(12-10-13)20-18-17(19(2,3)4)21-15-7-5-6-8-16(15)22-18/h5-12H,1-4H3,(H,20,22). The van der Waals surface area contributed by atoms with Gasteiger partial charge in [-0.2, -0.15) is 0 Å². The highest BCUT2D eigenvalue weighted by Crippen LogP contribution is 2.30. The molecule has 0 atom stereocenters. The minimum Gasteiger partial charge on any atom is -0.339 e. The number of benzene rings is 2. The molecule has 1 N–H and O–H groups in total. The molecule has 0 amide bonds. The van der Waals surface area contributed by atoms with Crippen molar-refractivity contribution in [3.05, 3.63) is 59.8 Å². The summed E-state index contributed by atoms with van der Waals surface area (Å²) in [6.45, 7) is 8.56. The van der Waals surface area contributed by atoms with Crippen LogP contribution in [0.4, 0.5) is 11.5 Å². The van der Waals surface area contributed by atoms with Crippen LogP contribution in [0.2, 0.25) is 0 Å². The molecule has 2 aromatic carbocycles. The Morgan fingerprint density at radius 3 is 2.00 bits per heavy atom. The molecular weight excluding hydrogens is 270 g/mol. The Labute approximate surface area is 131 Å². The molecule has 3 heteroatoms. The summed E-state index contributed by atoms with van der Waals surface area (Å²) in [6, 6.07) is 16.3. The third kappa shape index (κ3) is 2.93. The Morgan fingerprint density at radius 1 is 0.818 bits per heavy atom. The average molecular weight is 291 g/mol. The lowest BCUT2D eigenvalue weighted by atomic mass is 9.91. The smallest absolute Gasteiger partial charge is 0.153 e. The fourth-order valence-electron chi connectivity index (χ4n) is 2.38. The van der Waals surface area contributed by atoms with Crippen molar-refractivity contribution in [2.75, 3.05) is 5.32 Å². The van der Waals surface area contributed by atoms with Crippen LogP contribution in [-0.2, 0) is 5.41 Å². The zero-order chi connectivity index (χ0) is 15.7. The van der Waals surface area contributed by atoms with Gasteiger partial charge in [-0.1, -0.05) is 50.6 Å². The van der Waals surface area contributed by atoms with Crippen LogP contribution in [-0.4, -0.2) is 9.97 Å². The molecule has 0 fully saturated rings. The molecular formula is C19H21N3. The maximum atomic E-state index is 4.84. The predicted octanol–water partition coefficient (Wildman–Crippen LogP) is 4.98. The van der Waals surface area contributed by atoms with Gasteiger partial charge in [-0.15, -0.1) is 0 Å². The first-order chi connectivity index (χ1) is 10.4. The van der Waals surface area contributed by atoms with E-state index in [4.69, 9.17) is 9.97 Å². The van der Waals surface area contributed by atoms with Gasteiger partial charge in [0.15, 0.2) is 5.82 Å². The summed E-state index contributed by atoms with van der Waals surface area (Å²) in [4.78, 5) is 9.62. The molecule has 0 aliphatic heterocycles. The fourth-order valence-corrected chi connectivity index (χ4v) is 2.38. The number of rotatable bonds is 2. The van der Waals surface area contributed by atoms with Crippen LogP contribution in [0.5, 0.6) is 0 Å². The molecule has 0 unspecified atom stereocenters. The molecule has 3 aromatic rings. The number of aromatic nitrogens is 2. The van der Waals surface area contributed by atoms with Crippen LogP contribution in [0.15, 0.2) is 48.5 Å². The summed E-state index contributed by atoms with van der Waals surface area (Å²) in [5.41, 5.74) is 5.01. The van der Waals surface area contributed by atoms with E-state index in [0.717, 1.165) is 28.2 Å². The first-order valence-corrected chi connectivity index (χ1v) is 7.54. The number of para-hydroxylation sites is 2. The minimum absolute atomic E-state index is 0.0793. The Bertz CT molecular complexity index is 799. The van der Waals surface area contributed by atoms with E-state index >= 15 is 0 Å². The van der Waals surface area contributed by atoms with Crippen molar-refractivity contribution in [3.63, 3.8) is 0 Å². The van der Waals surface area contributed by atoms with Gasteiger partial charge in [0.1, 0.15) is 0 Å². The highest BCUT2D eigenvalue weighted by molar-refractivity contribution is 5.77. The molecule has 0 bridgehead atoms. The molecule has 1 aromatic heterocycles. The third-order valence-electron chi connectivity index (χ3n) is 3.60. The number of fused-ring (bicyclic) bond motifs is 1. The average Bonchev–Trinajstić information content (AvgIpc) is 2.48. The van der Waals surface area contributed by atoms with Crippen LogP contribution >= 0.6 is 0 Å². The maximum absolute atomic E-state index is 4.84.